The van der Waals surface area contributed by atoms with Crippen molar-refractivity contribution in [3.05, 3.63) is 18.5 Å². The highest BCUT2D eigenvalue weighted by atomic mass is 79.9. The molecule has 58 valence electrons. The van der Waals surface area contributed by atoms with E-state index in [1.54, 1.807) is 0 Å². The fourth-order valence-electron chi connectivity index (χ4n) is 0.166. The molecule has 0 aliphatic heterocycles. The summed E-state index contributed by atoms with van der Waals surface area (Å²) in [5.74, 6) is 0. The van der Waals surface area contributed by atoms with Crippen molar-refractivity contribution in [2.45, 2.75) is 0 Å². The highest BCUT2D eigenvalue weighted by Gasteiger charge is 2.06. The number of hydrogen-bond donors (Lipinski definition) is 0. The number of halogens is 6. The zero-order valence-electron chi connectivity index (χ0n) is 4.27. The van der Waals surface area contributed by atoms with Crippen LogP contribution < -0.4 is 0 Å². The predicted octanol–water partition coefficient (Wildman–Crippen LogP) is 4.91. The summed E-state index contributed by atoms with van der Waals surface area (Å²) >= 11 is 29.7. The van der Waals surface area contributed by atoms with Gasteiger partial charge in [-0.1, -0.05) is 58.0 Å². The van der Waals surface area contributed by atoms with Crippen molar-refractivity contribution in [2.75, 3.05) is 0 Å². The summed E-state index contributed by atoms with van der Waals surface area (Å²) in [5, 5.41) is 0.0864. The zero-order valence-corrected chi connectivity index (χ0v) is 9.63. The first-order valence-electron chi connectivity index (χ1n) is 1.88. The van der Waals surface area contributed by atoms with Gasteiger partial charge in [-0.05, 0) is 15.9 Å². The lowest BCUT2D eigenvalue weighted by atomic mass is 10.6. The van der Waals surface area contributed by atoms with Crippen LogP contribution in [0.15, 0.2) is 18.5 Å². The molecule has 0 saturated heterocycles. The van der Waals surface area contributed by atoms with E-state index >= 15 is 0 Å². The molecule has 0 spiro atoms. The summed E-state index contributed by atoms with van der Waals surface area (Å²) in [7, 11) is 0. The highest BCUT2D eigenvalue weighted by Crippen LogP contribution is 2.33. The minimum absolute atomic E-state index is 0.0243. The van der Waals surface area contributed by atoms with Gasteiger partial charge in [-0.2, -0.15) is 0 Å². The summed E-state index contributed by atoms with van der Waals surface area (Å²) in [6.07, 6.45) is 0. The number of allylic oxidation sites excluding steroid dienone is 2. The van der Waals surface area contributed by atoms with Crippen LogP contribution in [0, 0.1) is 0 Å². The number of hydrogen-bond acceptors (Lipinski definition) is 0. The Kier molecular flexibility index (Phi) is 5.85. The largest absolute Gasteiger partial charge is 0.126 e. The summed E-state index contributed by atoms with van der Waals surface area (Å²) in [6, 6.07) is 0. The van der Waals surface area contributed by atoms with E-state index in [-0.39, 0.29) is 18.5 Å². The fourth-order valence-corrected chi connectivity index (χ4v) is 1.16. The van der Waals surface area contributed by atoms with Crippen LogP contribution in [-0.4, -0.2) is 0 Å². The van der Waals surface area contributed by atoms with Crippen molar-refractivity contribution >= 4 is 73.9 Å². The van der Waals surface area contributed by atoms with Crippen LogP contribution in [0.4, 0.5) is 0 Å². The second kappa shape index (κ2) is 5.13. The van der Waals surface area contributed by atoms with Crippen molar-refractivity contribution in [1.82, 2.24) is 0 Å². The maximum Gasteiger partial charge on any atom is 0.126 e. The van der Waals surface area contributed by atoms with Crippen molar-refractivity contribution in [1.29, 1.82) is 0 Å². The molecule has 0 nitrogen and oxygen atoms in total. The van der Waals surface area contributed by atoms with E-state index in [0.29, 0.717) is 0 Å². The van der Waals surface area contributed by atoms with E-state index in [2.05, 4.69) is 15.9 Å². The first-order chi connectivity index (χ1) is 4.46. The SMILES string of the molecule is ClC(Cl)=C(Cl)C(Br)=C(Cl)Cl. The molecule has 0 bridgehead atoms. The molecule has 0 aliphatic carbocycles. The van der Waals surface area contributed by atoms with E-state index in [4.69, 9.17) is 58.0 Å². The fraction of sp³-hybridized carbons (Fsp3) is 0. The molecule has 0 aromatic carbocycles. The Morgan fingerprint density at radius 1 is 0.800 bits per heavy atom. The van der Waals surface area contributed by atoms with Crippen LogP contribution in [0.5, 0.6) is 0 Å². The van der Waals surface area contributed by atoms with Crippen LogP contribution in [0.3, 0.4) is 0 Å². The lowest BCUT2D eigenvalue weighted by Crippen LogP contribution is -1.72. The smallest absolute Gasteiger partial charge is 0.0804 e. The van der Waals surface area contributed by atoms with Crippen LogP contribution in [0.25, 0.3) is 0 Å². The minimum Gasteiger partial charge on any atom is -0.0804 e. The molecule has 0 radical (unpaired) electrons. The quantitative estimate of drug-likeness (QED) is 0.604. The third-order valence-electron chi connectivity index (χ3n) is 0.525. The standard InChI is InChI=1S/C4BrCl5/c5-1(3(7)8)2(6)4(9)10. The molecule has 0 rings (SSSR count). The molecule has 0 aromatic heterocycles. The van der Waals surface area contributed by atoms with Gasteiger partial charge in [0, 0.05) is 0 Å². The molecule has 0 N–H and O–H groups in total. The van der Waals surface area contributed by atoms with Gasteiger partial charge in [0.05, 0.1) is 9.51 Å². The van der Waals surface area contributed by atoms with Gasteiger partial charge in [0.2, 0.25) is 0 Å². The Bertz CT molecular complexity index is 164. The third kappa shape index (κ3) is 3.70. The Hall–Kier alpha value is 1.41. The summed E-state index contributed by atoms with van der Waals surface area (Å²) in [6.45, 7) is 0. The maximum absolute atomic E-state index is 5.50. The molecule has 6 heteroatoms. The molecular formula is C4BrCl5. The van der Waals surface area contributed by atoms with Crippen LogP contribution in [-0.2, 0) is 0 Å². The second-order valence-corrected chi connectivity index (χ2v) is 4.22. The average Bonchev–Trinajstić information content (AvgIpc) is 1.84. The molecule has 10 heavy (non-hydrogen) atoms. The Balaban J connectivity index is 4.71. The lowest BCUT2D eigenvalue weighted by molar-refractivity contribution is 1.88. The normalized spacial score (nSPS) is 9.00. The van der Waals surface area contributed by atoms with Gasteiger partial charge in [0.15, 0.2) is 0 Å². The van der Waals surface area contributed by atoms with Gasteiger partial charge in [0.1, 0.15) is 8.98 Å². The van der Waals surface area contributed by atoms with Gasteiger partial charge in [-0.3, -0.25) is 0 Å². The van der Waals surface area contributed by atoms with Crippen molar-refractivity contribution in [3.8, 4) is 0 Å². The monoisotopic (exact) mass is 302 g/mol. The molecule has 0 fully saturated rings. The van der Waals surface area contributed by atoms with E-state index in [0.717, 1.165) is 0 Å². The second-order valence-electron chi connectivity index (χ2n) is 1.15. The van der Waals surface area contributed by atoms with Crippen molar-refractivity contribution in [3.63, 3.8) is 0 Å². The van der Waals surface area contributed by atoms with E-state index in [1.807, 2.05) is 0 Å². The van der Waals surface area contributed by atoms with Crippen molar-refractivity contribution < 1.29 is 0 Å². The topological polar surface area (TPSA) is 0 Å². The Morgan fingerprint density at radius 2 is 1.20 bits per heavy atom. The average molecular weight is 305 g/mol. The highest BCUT2D eigenvalue weighted by molar-refractivity contribution is 9.12. The summed E-state index contributed by atoms with van der Waals surface area (Å²) < 4.78 is 0.161. The molecule has 0 unspecified atom stereocenters. The predicted molar refractivity (Wildman–Crippen MR) is 52.2 cm³/mol. The summed E-state index contributed by atoms with van der Waals surface area (Å²) in [5.41, 5.74) is 0. The van der Waals surface area contributed by atoms with Crippen LogP contribution >= 0.6 is 73.9 Å². The molecule has 0 aromatic rings. The van der Waals surface area contributed by atoms with Gasteiger partial charge >= 0.3 is 0 Å². The molecule has 0 heterocycles. The number of rotatable bonds is 1. The Morgan fingerprint density at radius 3 is 1.30 bits per heavy atom. The molecular weight excluding hydrogens is 305 g/mol. The van der Waals surface area contributed by atoms with Crippen LogP contribution in [0.2, 0.25) is 0 Å². The molecule has 0 amide bonds. The minimum atomic E-state index is -0.0904. The zero-order chi connectivity index (χ0) is 8.31. The van der Waals surface area contributed by atoms with Gasteiger partial charge < -0.3 is 0 Å². The molecule has 0 saturated carbocycles. The van der Waals surface area contributed by atoms with Gasteiger partial charge in [0.25, 0.3) is 0 Å². The Labute approximate surface area is 91.8 Å². The summed E-state index contributed by atoms with van der Waals surface area (Å²) in [4.78, 5) is 0. The van der Waals surface area contributed by atoms with E-state index < -0.39 is 0 Å². The molecule has 0 aliphatic rings. The first-order valence-corrected chi connectivity index (χ1v) is 4.57. The van der Waals surface area contributed by atoms with E-state index in [1.165, 1.54) is 0 Å². The molecule has 0 atom stereocenters. The van der Waals surface area contributed by atoms with Crippen LogP contribution in [0.1, 0.15) is 0 Å². The maximum atomic E-state index is 5.50. The van der Waals surface area contributed by atoms with Crippen molar-refractivity contribution in [2.24, 2.45) is 0 Å². The van der Waals surface area contributed by atoms with E-state index in [9.17, 15) is 0 Å². The van der Waals surface area contributed by atoms with Gasteiger partial charge in [-0.15, -0.1) is 0 Å². The lowest BCUT2D eigenvalue weighted by Gasteiger charge is -1.95. The van der Waals surface area contributed by atoms with Gasteiger partial charge in [-0.25, -0.2) is 0 Å². The first kappa shape index (κ1) is 11.4. The third-order valence-corrected chi connectivity index (χ3v) is 3.33.